The summed E-state index contributed by atoms with van der Waals surface area (Å²) in [5, 5.41) is 13.2. The van der Waals surface area contributed by atoms with E-state index < -0.39 is 0 Å². The molecule has 0 aliphatic carbocycles. The highest BCUT2D eigenvalue weighted by atomic mass is 35.5. The zero-order valence-corrected chi connectivity index (χ0v) is 17.9. The number of benzene rings is 3. The average Bonchev–Trinajstić information content (AvgIpc) is 3.31. The predicted molar refractivity (Wildman–Crippen MR) is 124 cm³/mol. The van der Waals surface area contributed by atoms with Gasteiger partial charge < -0.3 is 14.5 Å². The van der Waals surface area contributed by atoms with E-state index in [-0.39, 0.29) is 5.89 Å². The number of rotatable bonds is 6. The number of hydrogen-bond acceptors (Lipinski definition) is 7. The van der Waals surface area contributed by atoms with Crippen molar-refractivity contribution in [2.45, 2.75) is 6.92 Å². The Morgan fingerprint density at radius 3 is 2.41 bits per heavy atom. The first-order valence-corrected chi connectivity index (χ1v) is 10.4. The second kappa shape index (κ2) is 8.64. The molecule has 0 aliphatic heterocycles. The molecule has 0 spiro atoms. The molecule has 0 bridgehead atoms. The number of para-hydroxylation sites is 1. The first kappa shape index (κ1) is 20.0. The Morgan fingerprint density at radius 2 is 1.62 bits per heavy atom. The molecule has 0 radical (unpaired) electrons. The largest absolute Gasteiger partial charge is 0.494 e. The van der Waals surface area contributed by atoms with Gasteiger partial charge in [-0.25, -0.2) is 9.97 Å². The highest BCUT2D eigenvalue weighted by Crippen LogP contribution is 2.29. The molecule has 0 saturated heterocycles. The predicted octanol–water partition coefficient (Wildman–Crippen LogP) is 6.14. The van der Waals surface area contributed by atoms with Crippen LogP contribution in [0.4, 0.5) is 11.5 Å². The van der Waals surface area contributed by atoms with Crippen molar-refractivity contribution in [3.05, 3.63) is 77.8 Å². The van der Waals surface area contributed by atoms with Crippen LogP contribution in [0.5, 0.6) is 5.75 Å². The average molecular weight is 444 g/mol. The summed E-state index contributed by atoms with van der Waals surface area (Å²) in [7, 11) is 0. The van der Waals surface area contributed by atoms with Crippen LogP contribution in [0.25, 0.3) is 34.1 Å². The Morgan fingerprint density at radius 1 is 0.875 bits per heavy atom. The van der Waals surface area contributed by atoms with Crippen LogP contribution in [0, 0.1) is 0 Å². The van der Waals surface area contributed by atoms with Crippen LogP contribution in [0.2, 0.25) is 5.02 Å². The van der Waals surface area contributed by atoms with Crippen LogP contribution >= 0.6 is 11.6 Å². The lowest BCUT2D eigenvalue weighted by Gasteiger charge is -2.10. The molecule has 0 saturated carbocycles. The van der Waals surface area contributed by atoms with Crippen molar-refractivity contribution < 1.29 is 9.15 Å². The molecule has 158 valence electrons. The van der Waals surface area contributed by atoms with Gasteiger partial charge in [0, 0.05) is 21.7 Å². The van der Waals surface area contributed by atoms with Crippen molar-refractivity contribution in [3.63, 3.8) is 0 Å². The second-order valence-electron chi connectivity index (χ2n) is 6.91. The van der Waals surface area contributed by atoms with E-state index in [4.69, 9.17) is 20.8 Å². The van der Waals surface area contributed by atoms with Crippen LogP contribution in [0.1, 0.15) is 6.92 Å². The third-order valence-corrected chi connectivity index (χ3v) is 4.99. The molecule has 5 aromatic rings. The van der Waals surface area contributed by atoms with Crippen LogP contribution < -0.4 is 10.1 Å². The van der Waals surface area contributed by atoms with Crippen LogP contribution in [-0.4, -0.2) is 26.8 Å². The maximum absolute atomic E-state index is 5.96. The van der Waals surface area contributed by atoms with E-state index >= 15 is 0 Å². The monoisotopic (exact) mass is 443 g/mol. The molecule has 8 heteroatoms. The summed E-state index contributed by atoms with van der Waals surface area (Å²) in [6.07, 6.45) is 0. The maximum Gasteiger partial charge on any atom is 0.286 e. The summed E-state index contributed by atoms with van der Waals surface area (Å²) < 4.78 is 11.4. The van der Waals surface area contributed by atoms with Gasteiger partial charge >= 0.3 is 0 Å². The molecule has 0 amide bonds. The topological polar surface area (TPSA) is 86.0 Å². The fourth-order valence-electron chi connectivity index (χ4n) is 3.23. The van der Waals surface area contributed by atoms with Crippen LogP contribution in [-0.2, 0) is 0 Å². The normalized spacial score (nSPS) is 10.9. The van der Waals surface area contributed by atoms with Crippen molar-refractivity contribution >= 4 is 34.0 Å². The molecule has 7 nitrogen and oxygen atoms in total. The van der Waals surface area contributed by atoms with Gasteiger partial charge in [0.05, 0.1) is 12.1 Å². The zero-order chi connectivity index (χ0) is 21.9. The molecule has 3 aromatic carbocycles. The van der Waals surface area contributed by atoms with Crippen LogP contribution in [0.3, 0.4) is 0 Å². The molecule has 0 unspecified atom stereocenters. The summed E-state index contributed by atoms with van der Waals surface area (Å²) in [5.74, 6) is 2.39. The summed E-state index contributed by atoms with van der Waals surface area (Å²) in [6.45, 7) is 2.57. The number of nitrogens with zero attached hydrogens (tertiary/aromatic N) is 4. The third kappa shape index (κ3) is 4.10. The third-order valence-electron chi connectivity index (χ3n) is 4.74. The highest BCUT2D eigenvalue weighted by Gasteiger charge is 2.16. The van der Waals surface area contributed by atoms with Gasteiger partial charge in [-0.15, -0.1) is 10.2 Å². The number of anilines is 2. The lowest BCUT2D eigenvalue weighted by Crippen LogP contribution is -2.00. The van der Waals surface area contributed by atoms with E-state index in [0.29, 0.717) is 29.2 Å². The number of aromatic nitrogens is 4. The highest BCUT2D eigenvalue weighted by molar-refractivity contribution is 6.30. The fraction of sp³-hybridized carbons (Fsp3) is 0.0833. The molecule has 32 heavy (non-hydrogen) atoms. The van der Waals surface area contributed by atoms with Gasteiger partial charge in [-0.1, -0.05) is 23.7 Å². The first-order valence-electron chi connectivity index (χ1n) is 10.1. The van der Waals surface area contributed by atoms with E-state index in [0.717, 1.165) is 27.9 Å². The van der Waals surface area contributed by atoms with E-state index in [1.165, 1.54) is 0 Å². The second-order valence-corrected chi connectivity index (χ2v) is 7.35. The van der Waals surface area contributed by atoms with E-state index in [9.17, 15) is 0 Å². The quantitative estimate of drug-likeness (QED) is 0.337. The van der Waals surface area contributed by atoms with Crippen molar-refractivity contribution in [2.24, 2.45) is 0 Å². The molecule has 1 N–H and O–H groups in total. The standard InChI is InChI=1S/C24H18ClN5O2/c1-2-31-18-13-11-17(12-14-18)26-21-19-5-3-4-6-20(19)27-22(28-21)24-30-29-23(32-24)15-7-9-16(25)10-8-15/h3-14H,2H2,1H3,(H,26,27,28). The minimum absolute atomic E-state index is 0.232. The number of hydrogen-bond donors (Lipinski definition) is 1. The summed E-state index contributed by atoms with van der Waals surface area (Å²) in [5.41, 5.74) is 2.40. The minimum atomic E-state index is 0.232. The van der Waals surface area contributed by atoms with Gasteiger partial charge in [0.15, 0.2) is 0 Å². The van der Waals surface area contributed by atoms with Crippen LogP contribution in [0.15, 0.2) is 77.2 Å². The Labute approximate surface area is 189 Å². The van der Waals surface area contributed by atoms with Gasteiger partial charge in [0.25, 0.3) is 5.89 Å². The molecular formula is C24H18ClN5O2. The Bertz CT molecular complexity index is 1370. The number of nitrogens with one attached hydrogen (secondary N) is 1. The van der Waals surface area contributed by atoms with Crippen molar-refractivity contribution in [2.75, 3.05) is 11.9 Å². The van der Waals surface area contributed by atoms with E-state index in [1.54, 1.807) is 12.1 Å². The van der Waals surface area contributed by atoms with Gasteiger partial charge in [0.1, 0.15) is 11.6 Å². The SMILES string of the molecule is CCOc1ccc(Nc2nc(-c3nnc(-c4ccc(Cl)cc4)o3)nc3ccccc23)cc1. The first-order chi connectivity index (χ1) is 15.7. The van der Waals surface area contributed by atoms with E-state index in [1.807, 2.05) is 67.6 Å². The summed E-state index contributed by atoms with van der Waals surface area (Å²) in [6, 6.07) is 22.6. The number of fused-ring (bicyclic) bond motifs is 1. The lowest BCUT2D eigenvalue weighted by molar-refractivity contribution is 0.340. The van der Waals surface area contributed by atoms with E-state index in [2.05, 4.69) is 25.5 Å². The maximum atomic E-state index is 5.96. The fourth-order valence-corrected chi connectivity index (χ4v) is 3.35. The molecule has 5 rings (SSSR count). The van der Waals surface area contributed by atoms with Crippen molar-refractivity contribution in [3.8, 4) is 28.9 Å². The smallest absolute Gasteiger partial charge is 0.286 e. The number of ether oxygens (including phenoxy) is 1. The summed E-state index contributed by atoms with van der Waals surface area (Å²) >= 11 is 5.96. The Balaban J connectivity index is 1.51. The Kier molecular flexibility index (Phi) is 5.39. The molecular weight excluding hydrogens is 426 g/mol. The van der Waals surface area contributed by atoms with Crippen molar-refractivity contribution in [1.82, 2.24) is 20.2 Å². The van der Waals surface area contributed by atoms with Gasteiger partial charge in [-0.2, -0.15) is 0 Å². The van der Waals surface area contributed by atoms with Gasteiger partial charge in [-0.3, -0.25) is 0 Å². The molecule has 0 aliphatic rings. The lowest BCUT2D eigenvalue weighted by atomic mass is 10.2. The van der Waals surface area contributed by atoms with Gasteiger partial charge in [0.2, 0.25) is 11.7 Å². The van der Waals surface area contributed by atoms with Gasteiger partial charge in [-0.05, 0) is 67.6 Å². The Hall–Kier alpha value is -3.97. The number of halogens is 1. The molecule has 2 heterocycles. The zero-order valence-electron chi connectivity index (χ0n) is 17.1. The van der Waals surface area contributed by atoms with Crippen molar-refractivity contribution in [1.29, 1.82) is 0 Å². The summed E-state index contributed by atoms with van der Waals surface area (Å²) in [4.78, 5) is 9.29. The molecule has 2 aromatic heterocycles. The minimum Gasteiger partial charge on any atom is -0.494 e. The molecule has 0 atom stereocenters. The molecule has 0 fully saturated rings.